The molecule has 0 aliphatic heterocycles. The zero-order valence-corrected chi connectivity index (χ0v) is 16.6. The number of anilines is 2. The smallest absolute Gasteiger partial charge is 0.175 e. The summed E-state index contributed by atoms with van der Waals surface area (Å²) in [4.78, 5) is 0. The van der Waals surface area contributed by atoms with Gasteiger partial charge >= 0.3 is 0 Å². The molecule has 0 radical (unpaired) electrons. The average molecular weight is 369 g/mol. The van der Waals surface area contributed by atoms with Crippen LogP contribution in [0.1, 0.15) is 28.2 Å². The predicted octanol–water partition coefficient (Wildman–Crippen LogP) is 3.71. The van der Waals surface area contributed by atoms with E-state index in [1.807, 2.05) is 31.8 Å². The molecule has 0 aliphatic carbocycles. The SMILES string of the molecule is Cc1ccc(Cn2nc(C)c(NC(=S)Nc3cn(C)nc3C)c2C)cc1. The Bertz CT molecular complexity index is 936. The third kappa shape index (κ3) is 3.94. The maximum Gasteiger partial charge on any atom is 0.175 e. The third-order valence-electron chi connectivity index (χ3n) is 4.33. The number of hydrogen-bond acceptors (Lipinski definition) is 3. The van der Waals surface area contributed by atoms with Crippen molar-refractivity contribution in [1.29, 1.82) is 0 Å². The second-order valence-electron chi connectivity index (χ2n) is 6.57. The summed E-state index contributed by atoms with van der Waals surface area (Å²) in [6, 6.07) is 8.51. The fraction of sp³-hybridized carbons (Fsp3) is 0.316. The molecule has 0 saturated carbocycles. The van der Waals surface area contributed by atoms with Crippen LogP contribution in [0.5, 0.6) is 0 Å². The van der Waals surface area contributed by atoms with Gasteiger partial charge in [0.05, 0.1) is 35.0 Å². The molecule has 6 nitrogen and oxygen atoms in total. The number of benzene rings is 1. The minimum atomic E-state index is 0.530. The molecule has 2 aromatic heterocycles. The van der Waals surface area contributed by atoms with E-state index in [2.05, 4.69) is 58.9 Å². The molecule has 2 N–H and O–H groups in total. The Labute approximate surface area is 159 Å². The molecular formula is C19H24N6S. The fourth-order valence-electron chi connectivity index (χ4n) is 2.89. The Kier molecular flexibility index (Phi) is 5.08. The third-order valence-corrected chi connectivity index (χ3v) is 4.54. The molecule has 0 bridgehead atoms. The van der Waals surface area contributed by atoms with E-state index in [4.69, 9.17) is 12.2 Å². The van der Waals surface area contributed by atoms with E-state index < -0.39 is 0 Å². The Hall–Kier alpha value is -2.67. The van der Waals surface area contributed by atoms with Crippen LogP contribution < -0.4 is 10.6 Å². The number of hydrogen-bond donors (Lipinski definition) is 2. The molecule has 0 fully saturated rings. The van der Waals surface area contributed by atoms with Gasteiger partial charge in [-0.2, -0.15) is 10.2 Å². The summed E-state index contributed by atoms with van der Waals surface area (Å²) in [6.45, 7) is 8.80. The summed E-state index contributed by atoms with van der Waals surface area (Å²) in [6.07, 6.45) is 1.91. The van der Waals surface area contributed by atoms with Gasteiger partial charge in [0.25, 0.3) is 0 Å². The van der Waals surface area contributed by atoms with Crippen LogP contribution in [-0.4, -0.2) is 24.7 Å². The van der Waals surface area contributed by atoms with Crippen molar-refractivity contribution in [3.63, 3.8) is 0 Å². The largest absolute Gasteiger partial charge is 0.330 e. The molecule has 1 aromatic carbocycles. The minimum absolute atomic E-state index is 0.530. The van der Waals surface area contributed by atoms with Crippen molar-refractivity contribution in [1.82, 2.24) is 19.6 Å². The van der Waals surface area contributed by atoms with Gasteiger partial charge in [-0.1, -0.05) is 29.8 Å². The van der Waals surface area contributed by atoms with Gasteiger partial charge in [-0.25, -0.2) is 0 Å². The van der Waals surface area contributed by atoms with Gasteiger partial charge < -0.3 is 10.6 Å². The van der Waals surface area contributed by atoms with Crippen LogP contribution in [0.2, 0.25) is 0 Å². The summed E-state index contributed by atoms with van der Waals surface area (Å²) in [5, 5.41) is 16.0. The predicted molar refractivity (Wildman–Crippen MR) is 110 cm³/mol. The zero-order chi connectivity index (χ0) is 18.8. The van der Waals surface area contributed by atoms with Crippen LogP contribution in [0.4, 0.5) is 11.4 Å². The van der Waals surface area contributed by atoms with Crippen molar-refractivity contribution in [2.75, 3.05) is 10.6 Å². The van der Waals surface area contributed by atoms with Gasteiger partial charge in [-0.05, 0) is 45.5 Å². The molecule has 0 spiro atoms. The first-order chi connectivity index (χ1) is 12.3. The van der Waals surface area contributed by atoms with Crippen LogP contribution >= 0.6 is 12.2 Å². The average Bonchev–Trinajstić information content (AvgIpc) is 3.02. The second kappa shape index (κ2) is 7.29. The van der Waals surface area contributed by atoms with E-state index in [0.717, 1.165) is 35.0 Å². The molecule has 3 aromatic rings. The molecule has 0 atom stereocenters. The summed E-state index contributed by atoms with van der Waals surface area (Å²) in [5.41, 5.74) is 7.19. The number of rotatable bonds is 4. The van der Waals surface area contributed by atoms with E-state index in [9.17, 15) is 0 Å². The lowest BCUT2D eigenvalue weighted by atomic mass is 10.1. The van der Waals surface area contributed by atoms with E-state index in [-0.39, 0.29) is 0 Å². The first-order valence-electron chi connectivity index (χ1n) is 8.51. The Morgan fingerprint density at radius 1 is 1.00 bits per heavy atom. The summed E-state index contributed by atoms with van der Waals surface area (Å²) in [5.74, 6) is 0. The van der Waals surface area contributed by atoms with Crippen molar-refractivity contribution in [3.8, 4) is 0 Å². The van der Waals surface area contributed by atoms with E-state index in [1.165, 1.54) is 11.1 Å². The van der Waals surface area contributed by atoms with Crippen molar-refractivity contribution >= 4 is 28.7 Å². The summed E-state index contributed by atoms with van der Waals surface area (Å²) in [7, 11) is 1.89. The molecule has 0 unspecified atom stereocenters. The number of nitrogens with zero attached hydrogens (tertiary/aromatic N) is 4. The molecule has 3 rings (SSSR count). The molecule has 0 amide bonds. The van der Waals surface area contributed by atoms with Crippen LogP contribution in [0, 0.1) is 27.7 Å². The highest BCUT2D eigenvalue weighted by Gasteiger charge is 2.14. The van der Waals surface area contributed by atoms with Gasteiger partial charge in [0.1, 0.15) is 0 Å². The monoisotopic (exact) mass is 368 g/mol. The number of thiocarbonyl (C=S) groups is 1. The molecule has 136 valence electrons. The lowest BCUT2D eigenvalue weighted by Gasteiger charge is -2.10. The van der Waals surface area contributed by atoms with Crippen molar-refractivity contribution < 1.29 is 0 Å². The molecule has 26 heavy (non-hydrogen) atoms. The quantitative estimate of drug-likeness (QED) is 0.688. The lowest BCUT2D eigenvalue weighted by molar-refractivity contribution is 0.659. The highest BCUT2D eigenvalue weighted by Crippen LogP contribution is 2.21. The van der Waals surface area contributed by atoms with E-state index in [0.29, 0.717) is 5.11 Å². The minimum Gasteiger partial charge on any atom is -0.330 e. The highest BCUT2D eigenvalue weighted by molar-refractivity contribution is 7.80. The van der Waals surface area contributed by atoms with E-state index >= 15 is 0 Å². The Balaban J connectivity index is 1.74. The first-order valence-corrected chi connectivity index (χ1v) is 8.92. The van der Waals surface area contributed by atoms with Gasteiger partial charge in [0.2, 0.25) is 0 Å². The van der Waals surface area contributed by atoms with Gasteiger partial charge in [-0.15, -0.1) is 0 Å². The van der Waals surface area contributed by atoms with Crippen molar-refractivity contribution in [3.05, 3.63) is 58.7 Å². The van der Waals surface area contributed by atoms with Gasteiger partial charge in [-0.3, -0.25) is 9.36 Å². The summed E-state index contributed by atoms with van der Waals surface area (Å²) < 4.78 is 3.76. The molecule has 0 saturated heterocycles. The van der Waals surface area contributed by atoms with Gasteiger partial charge in [0, 0.05) is 13.2 Å². The zero-order valence-electron chi connectivity index (χ0n) is 15.8. The number of aromatic nitrogens is 4. The lowest BCUT2D eigenvalue weighted by Crippen LogP contribution is -2.20. The first kappa shape index (κ1) is 18.1. The highest BCUT2D eigenvalue weighted by atomic mass is 32.1. The van der Waals surface area contributed by atoms with E-state index in [1.54, 1.807) is 4.68 Å². The maximum absolute atomic E-state index is 5.46. The van der Waals surface area contributed by atoms with Crippen LogP contribution in [-0.2, 0) is 13.6 Å². The van der Waals surface area contributed by atoms with Crippen molar-refractivity contribution in [2.24, 2.45) is 7.05 Å². The molecule has 7 heteroatoms. The maximum atomic E-state index is 5.46. The van der Waals surface area contributed by atoms with Crippen LogP contribution in [0.25, 0.3) is 0 Å². The van der Waals surface area contributed by atoms with Gasteiger partial charge in [0.15, 0.2) is 5.11 Å². The van der Waals surface area contributed by atoms with Crippen LogP contribution in [0.3, 0.4) is 0 Å². The fourth-order valence-corrected chi connectivity index (χ4v) is 3.10. The summed E-state index contributed by atoms with van der Waals surface area (Å²) >= 11 is 5.46. The standard InChI is InChI=1S/C19H24N6S/c1-12-6-8-16(9-7-12)10-25-15(4)18(14(3)23-25)21-19(26)20-17-11-24(5)22-13(17)2/h6-9,11H,10H2,1-5H3,(H2,20,21,26). The van der Waals surface area contributed by atoms with Crippen molar-refractivity contribution in [2.45, 2.75) is 34.2 Å². The Morgan fingerprint density at radius 2 is 1.69 bits per heavy atom. The number of nitrogens with one attached hydrogen (secondary N) is 2. The molecule has 0 aliphatic rings. The van der Waals surface area contributed by atoms with Crippen LogP contribution in [0.15, 0.2) is 30.5 Å². The second-order valence-corrected chi connectivity index (χ2v) is 6.98. The number of aryl methyl sites for hydroxylation is 4. The normalized spacial score (nSPS) is 10.8. The molecular weight excluding hydrogens is 344 g/mol. The topological polar surface area (TPSA) is 59.7 Å². The Morgan fingerprint density at radius 3 is 2.31 bits per heavy atom. The molecule has 2 heterocycles.